The summed E-state index contributed by atoms with van der Waals surface area (Å²) in [4.78, 5) is 28.5. The zero-order valence-electron chi connectivity index (χ0n) is 22.9. The summed E-state index contributed by atoms with van der Waals surface area (Å²) in [5.74, 6) is 0.0881. The fraction of sp³-hybridized carbons (Fsp3) is 0.250. The number of anilines is 1. The molecule has 0 saturated carbocycles. The summed E-state index contributed by atoms with van der Waals surface area (Å²) in [6.45, 7) is 6.20. The van der Waals surface area contributed by atoms with E-state index in [0.717, 1.165) is 22.4 Å². The standard InChI is InChI=1S/C32H29N3O4S2/c1-18(2)21-9-11-22(12-10-21)27-26(28(36)23-13-14-25-24(16-23)15-19(3)39-25)29(37)30(38)35(27)31-33-34-32(41-31)40-17-20-7-5-4-6-8-20/h4-14,16,18-19,27,36H,15,17H2,1-3H3/b28-26-. The lowest BCUT2D eigenvalue weighted by Gasteiger charge is -2.23. The van der Waals surface area contributed by atoms with Gasteiger partial charge in [0, 0.05) is 17.7 Å². The quantitative estimate of drug-likeness (QED) is 0.0831. The molecule has 0 radical (unpaired) electrons. The van der Waals surface area contributed by atoms with Gasteiger partial charge < -0.3 is 9.84 Å². The fourth-order valence-corrected chi connectivity index (χ4v) is 7.03. The van der Waals surface area contributed by atoms with Gasteiger partial charge in [-0.3, -0.25) is 14.5 Å². The molecule has 1 fully saturated rings. The van der Waals surface area contributed by atoms with Gasteiger partial charge in [0.2, 0.25) is 5.13 Å². The lowest BCUT2D eigenvalue weighted by atomic mass is 9.93. The summed E-state index contributed by atoms with van der Waals surface area (Å²) in [5, 5.41) is 20.5. The Morgan fingerprint density at radius 3 is 2.56 bits per heavy atom. The van der Waals surface area contributed by atoms with Crippen LogP contribution in [-0.2, 0) is 21.8 Å². The molecule has 2 unspecified atom stereocenters. The summed E-state index contributed by atoms with van der Waals surface area (Å²) >= 11 is 2.78. The lowest BCUT2D eigenvalue weighted by Crippen LogP contribution is -2.29. The number of aromatic nitrogens is 2. The Hall–Kier alpha value is -3.95. The van der Waals surface area contributed by atoms with Gasteiger partial charge in [-0.1, -0.05) is 91.5 Å². The number of ketones is 1. The van der Waals surface area contributed by atoms with Crippen molar-refractivity contribution in [1.82, 2.24) is 10.2 Å². The predicted octanol–water partition coefficient (Wildman–Crippen LogP) is 6.90. The molecule has 1 N–H and O–H groups in total. The van der Waals surface area contributed by atoms with Crippen molar-refractivity contribution in [2.75, 3.05) is 4.90 Å². The maximum atomic E-state index is 13.6. The first-order chi connectivity index (χ1) is 19.8. The van der Waals surface area contributed by atoms with Crippen molar-refractivity contribution >= 4 is 45.7 Å². The van der Waals surface area contributed by atoms with E-state index in [-0.39, 0.29) is 17.4 Å². The van der Waals surface area contributed by atoms with Crippen LogP contribution in [0.4, 0.5) is 5.13 Å². The van der Waals surface area contributed by atoms with E-state index in [1.54, 1.807) is 12.1 Å². The molecule has 41 heavy (non-hydrogen) atoms. The molecular weight excluding hydrogens is 555 g/mol. The Kier molecular flexibility index (Phi) is 7.40. The molecular formula is C32H29N3O4S2. The molecule has 6 rings (SSSR count). The summed E-state index contributed by atoms with van der Waals surface area (Å²) in [6, 6.07) is 22.4. The highest BCUT2D eigenvalue weighted by Gasteiger charge is 2.48. The minimum Gasteiger partial charge on any atom is -0.507 e. The number of carbonyl (C=O) groups excluding carboxylic acids is 2. The van der Waals surface area contributed by atoms with Crippen molar-refractivity contribution in [1.29, 1.82) is 0 Å². The summed E-state index contributed by atoms with van der Waals surface area (Å²) < 4.78 is 6.50. The van der Waals surface area contributed by atoms with Crippen molar-refractivity contribution in [3.63, 3.8) is 0 Å². The number of fused-ring (bicyclic) bond motifs is 1. The first-order valence-corrected chi connectivity index (χ1v) is 15.3. The fourth-order valence-electron chi connectivity index (χ4n) is 5.21. The number of ether oxygens (including phenoxy) is 1. The molecule has 0 spiro atoms. The smallest absolute Gasteiger partial charge is 0.301 e. The average Bonchev–Trinajstić information content (AvgIpc) is 3.67. The number of amides is 1. The van der Waals surface area contributed by atoms with Crippen LogP contribution < -0.4 is 9.64 Å². The van der Waals surface area contributed by atoms with E-state index in [1.807, 2.05) is 67.6 Å². The van der Waals surface area contributed by atoms with E-state index < -0.39 is 17.7 Å². The molecule has 4 aromatic rings. The second-order valence-electron chi connectivity index (χ2n) is 10.6. The van der Waals surface area contributed by atoms with Crippen LogP contribution >= 0.6 is 23.1 Å². The van der Waals surface area contributed by atoms with Gasteiger partial charge in [0.05, 0.1) is 11.6 Å². The topological polar surface area (TPSA) is 92.6 Å². The molecule has 0 bridgehead atoms. The molecule has 208 valence electrons. The highest BCUT2D eigenvalue weighted by atomic mass is 32.2. The first-order valence-electron chi connectivity index (χ1n) is 13.5. The van der Waals surface area contributed by atoms with Crippen LogP contribution in [0.3, 0.4) is 0 Å². The largest absolute Gasteiger partial charge is 0.507 e. The number of thioether (sulfide) groups is 1. The van der Waals surface area contributed by atoms with Crippen molar-refractivity contribution in [3.8, 4) is 5.75 Å². The Morgan fingerprint density at radius 1 is 1.07 bits per heavy atom. The van der Waals surface area contributed by atoms with Crippen LogP contribution in [0.5, 0.6) is 5.75 Å². The van der Waals surface area contributed by atoms with Gasteiger partial charge in [-0.25, -0.2) is 0 Å². The number of hydrogen-bond donors (Lipinski definition) is 1. The highest BCUT2D eigenvalue weighted by Crippen LogP contribution is 2.44. The van der Waals surface area contributed by atoms with E-state index in [9.17, 15) is 14.7 Å². The number of rotatable bonds is 7. The Balaban J connectivity index is 1.40. The number of Topliss-reactive ketones (excluding diaryl/α,β-unsaturated/α-hetero) is 1. The minimum atomic E-state index is -0.848. The number of nitrogens with zero attached hydrogens (tertiary/aromatic N) is 3. The molecule has 2 aliphatic rings. The molecule has 1 amide bonds. The third-order valence-electron chi connectivity index (χ3n) is 7.34. The molecule has 3 heterocycles. The van der Waals surface area contributed by atoms with Gasteiger partial charge in [-0.15, -0.1) is 10.2 Å². The van der Waals surface area contributed by atoms with E-state index in [2.05, 4.69) is 24.0 Å². The zero-order chi connectivity index (χ0) is 28.7. The summed E-state index contributed by atoms with van der Waals surface area (Å²) in [6.07, 6.45) is 0.748. The summed E-state index contributed by atoms with van der Waals surface area (Å²) in [7, 11) is 0. The van der Waals surface area contributed by atoms with E-state index >= 15 is 0 Å². The van der Waals surface area contributed by atoms with Crippen LogP contribution in [0.15, 0.2) is 82.7 Å². The second-order valence-corrected chi connectivity index (χ2v) is 12.7. The third-order valence-corrected chi connectivity index (χ3v) is 9.47. The average molecular weight is 584 g/mol. The molecule has 2 aliphatic heterocycles. The van der Waals surface area contributed by atoms with Crippen molar-refractivity contribution in [2.24, 2.45) is 0 Å². The number of hydrogen-bond acceptors (Lipinski definition) is 8. The van der Waals surface area contributed by atoms with Crippen LogP contribution in [0.2, 0.25) is 0 Å². The third kappa shape index (κ3) is 5.27. The van der Waals surface area contributed by atoms with Gasteiger partial charge in [-0.05, 0) is 53.3 Å². The van der Waals surface area contributed by atoms with Crippen LogP contribution in [0.1, 0.15) is 60.5 Å². The molecule has 1 aromatic heterocycles. The molecule has 9 heteroatoms. The van der Waals surface area contributed by atoms with Gasteiger partial charge >= 0.3 is 5.91 Å². The lowest BCUT2D eigenvalue weighted by molar-refractivity contribution is -0.132. The highest BCUT2D eigenvalue weighted by molar-refractivity contribution is 8.00. The molecule has 2 atom stereocenters. The van der Waals surface area contributed by atoms with Crippen LogP contribution in [-0.4, -0.2) is 33.1 Å². The van der Waals surface area contributed by atoms with Gasteiger partial charge in [0.15, 0.2) is 4.34 Å². The van der Waals surface area contributed by atoms with Gasteiger partial charge in [-0.2, -0.15) is 0 Å². The Labute approximate surface area is 246 Å². The van der Waals surface area contributed by atoms with Crippen molar-refractivity contribution in [3.05, 3.63) is 106 Å². The van der Waals surface area contributed by atoms with Crippen molar-refractivity contribution in [2.45, 2.75) is 55.3 Å². The number of aliphatic hydroxyl groups is 1. The van der Waals surface area contributed by atoms with E-state index in [1.165, 1.54) is 28.0 Å². The summed E-state index contributed by atoms with van der Waals surface area (Å²) in [5.41, 5.74) is 4.45. The number of benzene rings is 3. The van der Waals surface area contributed by atoms with Crippen LogP contribution in [0, 0.1) is 0 Å². The number of carbonyl (C=O) groups is 2. The maximum absolute atomic E-state index is 13.6. The Bertz CT molecular complexity index is 1650. The molecule has 1 saturated heterocycles. The van der Waals surface area contributed by atoms with Gasteiger partial charge in [0.1, 0.15) is 17.6 Å². The second kappa shape index (κ2) is 11.1. The van der Waals surface area contributed by atoms with Gasteiger partial charge in [0.25, 0.3) is 5.78 Å². The Morgan fingerprint density at radius 2 is 1.83 bits per heavy atom. The van der Waals surface area contributed by atoms with Crippen molar-refractivity contribution < 1.29 is 19.4 Å². The minimum absolute atomic E-state index is 0.0351. The maximum Gasteiger partial charge on any atom is 0.301 e. The first kappa shape index (κ1) is 27.2. The van der Waals surface area contributed by atoms with E-state index in [0.29, 0.717) is 38.7 Å². The SMILES string of the molecule is CC1Cc2cc(/C(O)=C3/C(=O)C(=O)N(c4nnc(SCc5ccccc5)s4)C3c3ccc(C(C)C)cc3)ccc2O1. The molecule has 7 nitrogen and oxygen atoms in total. The monoisotopic (exact) mass is 583 g/mol. The predicted molar refractivity (Wildman–Crippen MR) is 161 cm³/mol. The zero-order valence-corrected chi connectivity index (χ0v) is 24.5. The van der Waals surface area contributed by atoms with E-state index in [4.69, 9.17) is 4.74 Å². The van der Waals surface area contributed by atoms with Crippen LogP contribution in [0.25, 0.3) is 5.76 Å². The normalized spacial score (nSPS) is 19.6. The molecule has 0 aliphatic carbocycles. The molecule has 3 aromatic carbocycles. The number of aliphatic hydroxyl groups excluding tert-OH is 1.